The van der Waals surface area contributed by atoms with E-state index in [9.17, 15) is 0 Å². The quantitative estimate of drug-likeness (QED) is 0.701. The number of aromatic nitrogens is 1. The Bertz CT molecular complexity index is 228. The van der Waals surface area contributed by atoms with Crippen LogP contribution in [0.25, 0.3) is 0 Å². The number of unbranched alkanes of at least 4 members (excludes halogenated alkanes) is 2. The van der Waals surface area contributed by atoms with Crippen LogP contribution in [0.1, 0.15) is 31.7 Å². The van der Waals surface area contributed by atoms with Crippen molar-refractivity contribution in [3.8, 4) is 0 Å². The lowest BCUT2D eigenvalue weighted by Crippen LogP contribution is -2.02. The van der Waals surface area contributed by atoms with Crippen molar-refractivity contribution >= 4 is 5.82 Å². The first-order valence-corrected chi connectivity index (χ1v) is 4.99. The van der Waals surface area contributed by atoms with Crippen LogP contribution in [0.2, 0.25) is 0 Å². The summed E-state index contributed by atoms with van der Waals surface area (Å²) in [5.41, 5.74) is 1.21. The molecule has 0 bridgehead atoms. The minimum Gasteiger partial charge on any atom is -0.370 e. The molecule has 0 fully saturated rings. The van der Waals surface area contributed by atoms with Crippen LogP contribution in [0.15, 0.2) is 18.3 Å². The van der Waals surface area contributed by atoms with Gasteiger partial charge in [-0.15, -0.1) is 0 Å². The van der Waals surface area contributed by atoms with Gasteiger partial charge in [0.25, 0.3) is 0 Å². The summed E-state index contributed by atoms with van der Waals surface area (Å²) in [5.74, 6) is 0.988. The summed E-state index contributed by atoms with van der Waals surface area (Å²) in [4.78, 5) is 4.26. The number of nitrogens with one attached hydrogen (secondary N) is 1. The van der Waals surface area contributed by atoms with Gasteiger partial charge in [-0.05, 0) is 25.0 Å². The third-order valence-electron chi connectivity index (χ3n) is 2.00. The van der Waals surface area contributed by atoms with Crippen LogP contribution in [0.4, 0.5) is 5.82 Å². The highest BCUT2D eigenvalue weighted by Gasteiger charge is 1.91. The molecule has 1 rings (SSSR count). The molecule has 72 valence electrons. The molecule has 0 saturated carbocycles. The maximum atomic E-state index is 4.26. The SMILES string of the molecule is CCCCCNc1ccc(C)cn1. The molecular formula is C11H18N2. The minimum atomic E-state index is 0.988. The predicted octanol–water partition coefficient (Wildman–Crippen LogP) is 2.99. The second-order valence-corrected chi connectivity index (χ2v) is 3.35. The highest BCUT2D eigenvalue weighted by molar-refractivity contribution is 5.34. The minimum absolute atomic E-state index is 0.988. The van der Waals surface area contributed by atoms with Gasteiger partial charge in [0, 0.05) is 12.7 Å². The first-order valence-electron chi connectivity index (χ1n) is 4.99. The molecule has 1 N–H and O–H groups in total. The Hall–Kier alpha value is -1.05. The monoisotopic (exact) mass is 178 g/mol. The van der Waals surface area contributed by atoms with Crippen molar-refractivity contribution in [2.45, 2.75) is 33.1 Å². The second kappa shape index (κ2) is 5.57. The van der Waals surface area contributed by atoms with E-state index in [-0.39, 0.29) is 0 Å². The number of anilines is 1. The summed E-state index contributed by atoms with van der Waals surface area (Å²) in [6.07, 6.45) is 5.68. The summed E-state index contributed by atoms with van der Waals surface area (Å²) < 4.78 is 0. The van der Waals surface area contributed by atoms with Crippen LogP contribution < -0.4 is 5.32 Å². The van der Waals surface area contributed by atoms with Gasteiger partial charge in [0.05, 0.1) is 0 Å². The molecule has 2 heteroatoms. The topological polar surface area (TPSA) is 24.9 Å². The molecule has 0 aliphatic carbocycles. The zero-order valence-corrected chi connectivity index (χ0v) is 8.51. The number of hydrogen-bond donors (Lipinski definition) is 1. The van der Waals surface area contributed by atoms with Gasteiger partial charge in [-0.3, -0.25) is 0 Å². The molecule has 13 heavy (non-hydrogen) atoms. The first kappa shape index (κ1) is 10.0. The third-order valence-corrected chi connectivity index (χ3v) is 2.00. The summed E-state index contributed by atoms with van der Waals surface area (Å²) in [5, 5.41) is 3.30. The van der Waals surface area contributed by atoms with Crippen molar-refractivity contribution in [3.63, 3.8) is 0 Å². The molecular weight excluding hydrogens is 160 g/mol. The van der Waals surface area contributed by atoms with Crippen molar-refractivity contribution in [1.29, 1.82) is 0 Å². The van der Waals surface area contributed by atoms with E-state index in [4.69, 9.17) is 0 Å². The molecule has 1 heterocycles. The van der Waals surface area contributed by atoms with Gasteiger partial charge in [0.15, 0.2) is 0 Å². The van der Waals surface area contributed by atoms with Gasteiger partial charge in [0.1, 0.15) is 5.82 Å². The smallest absolute Gasteiger partial charge is 0.125 e. The molecule has 0 radical (unpaired) electrons. The average molecular weight is 178 g/mol. The lowest BCUT2D eigenvalue weighted by atomic mass is 10.2. The van der Waals surface area contributed by atoms with E-state index in [1.807, 2.05) is 19.2 Å². The van der Waals surface area contributed by atoms with Crippen molar-refractivity contribution in [3.05, 3.63) is 23.9 Å². The fourth-order valence-electron chi connectivity index (χ4n) is 1.16. The van der Waals surface area contributed by atoms with E-state index in [0.29, 0.717) is 0 Å². The van der Waals surface area contributed by atoms with Crippen LogP contribution in [0, 0.1) is 6.92 Å². The Morgan fingerprint density at radius 1 is 1.31 bits per heavy atom. The molecule has 2 nitrogen and oxygen atoms in total. The van der Waals surface area contributed by atoms with Crippen LogP contribution in [0.5, 0.6) is 0 Å². The van der Waals surface area contributed by atoms with Crippen molar-refractivity contribution in [1.82, 2.24) is 4.98 Å². The largest absolute Gasteiger partial charge is 0.370 e. The summed E-state index contributed by atoms with van der Waals surface area (Å²) in [7, 11) is 0. The van der Waals surface area contributed by atoms with Crippen LogP contribution in [-0.4, -0.2) is 11.5 Å². The number of rotatable bonds is 5. The van der Waals surface area contributed by atoms with Crippen molar-refractivity contribution in [2.24, 2.45) is 0 Å². The Morgan fingerprint density at radius 2 is 2.15 bits per heavy atom. The van der Waals surface area contributed by atoms with Crippen molar-refractivity contribution < 1.29 is 0 Å². The summed E-state index contributed by atoms with van der Waals surface area (Å²) in [6, 6.07) is 4.11. The Morgan fingerprint density at radius 3 is 2.77 bits per heavy atom. The molecule has 0 aliphatic heterocycles. The van der Waals surface area contributed by atoms with Gasteiger partial charge in [-0.25, -0.2) is 4.98 Å². The van der Waals surface area contributed by atoms with Crippen molar-refractivity contribution in [2.75, 3.05) is 11.9 Å². The molecule has 0 aliphatic rings. The second-order valence-electron chi connectivity index (χ2n) is 3.35. The predicted molar refractivity (Wildman–Crippen MR) is 57.0 cm³/mol. The lowest BCUT2D eigenvalue weighted by Gasteiger charge is -2.04. The lowest BCUT2D eigenvalue weighted by molar-refractivity contribution is 0.742. The van der Waals surface area contributed by atoms with Gasteiger partial charge in [-0.1, -0.05) is 25.8 Å². The Labute approximate surface area is 80.4 Å². The average Bonchev–Trinajstić information content (AvgIpc) is 2.15. The third kappa shape index (κ3) is 3.92. The molecule has 1 aromatic heterocycles. The Balaban J connectivity index is 2.25. The van der Waals surface area contributed by atoms with Crippen LogP contribution in [0.3, 0.4) is 0 Å². The highest BCUT2D eigenvalue weighted by atomic mass is 15.0. The molecule has 0 aromatic carbocycles. The van der Waals surface area contributed by atoms with E-state index < -0.39 is 0 Å². The molecule has 0 saturated heterocycles. The normalized spacial score (nSPS) is 10.0. The standard InChI is InChI=1S/C11H18N2/c1-3-4-5-8-12-11-7-6-10(2)9-13-11/h6-7,9H,3-5,8H2,1-2H3,(H,12,13). The van der Waals surface area contributed by atoms with Crippen LogP contribution in [-0.2, 0) is 0 Å². The molecule has 0 atom stereocenters. The first-order chi connectivity index (χ1) is 6.33. The Kier molecular flexibility index (Phi) is 4.30. The van der Waals surface area contributed by atoms with E-state index in [1.165, 1.54) is 24.8 Å². The fourth-order valence-corrected chi connectivity index (χ4v) is 1.16. The van der Waals surface area contributed by atoms with Crippen LogP contribution >= 0.6 is 0 Å². The van der Waals surface area contributed by atoms with E-state index in [1.54, 1.807) is 0 Å². The summed E-state index contributed by atoms with van der Waals surface area (Å²) in [6.45, 7) is 5.29. The maximum absolute atomic E-state index is 4.26. The van der Waals surface area contributed by atoms with Gasteiger partial charge in [0.2, 0.25) is 0 Å². The maximum Gasteiger partial charge on any atom is 0.125 e. The van der Waals surface area contributed by atoms with E-state index in [0.717, 1.165) is 12.4 Å². The fraction of sp³-hybridized carbons (Fsp3) is 0.545. The molecule has 0 amide bonds. The number of aryl methyl sites for hydroxylation is 1. The number of nitrogens with zero attached hydrogens (tertiary/aromatic N) is 1. The molecule has 0 spiro atoms. The van der Waals surface area contributed by atoms with E-state index in [2.05, 4.69) is 23.3 Å². The zero-order chi connectivity index (χ0) is 9.52. The zero-order valence-electron chi connectivity index (χ0n) is 8.51. The van der Waals surface area contributed by atoms with Gasteiger partial charge in [-0.2, -0.15) is 0 Å². The highest BCUT2D eigenvalue weighted by Crippen LogP contribution is 2.04. The number of pyridine rings is 1. The number of hydrogen-bond acceptors (Lipinski definition) is 2. The van der Waals surface area contributed by atoms with Gasteiger partial charge >= 0.3 is 0 Å². The summed E-state index contributed by atoms with van der Waals surface area (Å²) >= 11 is 0. The molecule has 1 aromatic rings. The molecule has 0 unspecified atom stereocenters. The van der Waals surface area contributed by atoms with E-state index >= 15 is 0 Å². The van der Waals surface area contributed by atoms with Gasteiger partial charge < -0.3 is 5.32 Å².